The molecule has 0 fully saturated rings. The molecule has 0 aliphatic heterocycles. The number of ether oxygens (including phenoxy) is 2. The van der Waals surface area contributed by atoms with Crippen LogP contribution in [0.4, 0.5) is 11.5 Å². The Morgan fingerprint density at radius 2 is 2.12 bits per heavy atom. The molecule has 1 amide bonds. The molecule has 2 rings (SSSR count). The molecule has 1 aromatic heterocycles. The molecule has 0 bridgehead atoms. The first-order chi connectivity index (χ1) is 11.0. The zero-order chi connectivity index (χ0) is 16.8. The van der Waals surface area contributed by atoms with Gasteiger partial charge in [0.15, 0.2) is 11.5 Å². The zero-order valence-corrected chi connectivity index (χ0v) is 15.7. The first-order valence-electron chi connectivity index (χ1n) is 7.08. The van der Waals surface area contributed by atoms with Gasteiger partial charge in [-0.3, -0.25) is 4.79 Å². The SMILES string of the molecule is CCCOc1c(Br)cc(C(=O)Nc2ccc(N)nc2)cc1OC.Cl. The molecule has 0 atom stereocenters. The Balaban J connectivity index is 0.00000288. The van der Waals surface area contributed by atoms with E-state index in [4.69, 9.17) is 15.2 Å². The third kappa shape index (κ3) is 5.01. The van der Waals surface area contributed by atoms with Gasteiger partial charge in [-0.15, -0.1) is 12.4 Å². The highest BCUT2D eigenvalue weighted by Gasteiger charge is 2.15. The molecule has 8 heteroatoms. The number of nitrogens with one attached hydrogen (secondary N) is 1. The van der Waals surface area contributed by atoms with Crippen LogP contribution >= 0.6 is 28.3 Å². The molecule has 3 N–H and O–H groups in total. The van der Waals surface area contributed by atoms with Crippen LogP contribution in [0.2, 0.25) is 0 Å². The number of nitrogens with zero attached hydrogens (tertiary/aromatic N) is 1. The number of nitrogens with two attached hydrogens (primary N) is 1. The van der Waals surface area contributed by atoms with E-state index >= 15 is 0 Å². The topological polar surface area (TPSA) is 86.5 Å². The minimum Gasteiger partial charge on any atom is -0.493 e. The predicted octanol–water partition coefficient (Wildman–Crippen LogP) is 3.90. The fraction of sp³-hybridized carbons (Fsp3) is 0.250. The third-order valence-corrected chi connectivity index (χ3v) is 3.58. The summed E-state index contributed by atoms with van der Waals surface area (Å²) in [4.78, 5) is 16.3. The first kappa shape index (κ1) is 20.1. The summed E-state index contributed by atoms with van der Waals surface area (Å²) in [6.07, 6.45) is 2.38. The fourth-order valence-electron chi connectivity index (χ4n) is 1.88. The van der Waals surface area contributed by atoms with Crippen molar-refractivity contribution in [2.45, 2.75) is 13.3 Å². The van der Waals surface area contributed by atoms with E-state index in [1.54, 1.807) is 24.3 Å². The molecule has 1 heterocycles. The fourth-order valence-corrected chi connectivity index (χ4v) is 2.43. The van der Waals surface area contributed by atoms with Gasteiger partial charge in [0.1, 0.15) is 5.82 Å². The number of hydrogen-bond donors (Lipinski definition) is 2. The summed E-state index contributed by atoms with van der Waals surface area (Å²) >= 11 is 3.42. The van der Waals surface area contributed by atoms with Crippen LogP contribution in [0.3, 0.4) is 0 Å². The standard InChI is InChI=1S/C16H18BrN3O3.ClH/c1-3-6-23-15-12(17)7-10(8-13(15)22-2)16(21)20-11-4-5-14(18)19-9-11;/h4-5,7-9H,3,6H2,1-2H3,(H2,18,19)(H,20,21);1H. The van der Waals surface area contributed by atoms with Crippen LogP contribution in [-0.2, 0) is 0 Å². The van der Waals surface area contributed by atoms with Crippen molar-refractivity contribution in [1.29, 1.82) is 0 Å². The van der Waals surface area contributed by atoms with Crippen LogP contribution in [0.1, 0.15) is 23.7 Å². The van der Waals surface area contributed by atoms with Gasteiger partial charge in [-0.25, -0.2) is 4.98 Å². The highest BCUT2D eigenvalue weighted by molar-refractivity contribution is 9.10. The number of pyridine rings is 1. The van der Waals surface area contributed by atoms with E-state index in [2.05, 4.69) is 26.2 Å². The molecule has 0 saturated heterocycles. The summed E-state index contributed by atoms with van der Waals surface area (Å²) in [7, 11) is 1.53. The van der Waals surface area contributed by atoms with Crippen molar-refractivity contribution in [3.8, 4) is 11.5 Å². The van der Waals surface area contributed by atoms with Crippen molar-refractivity contribution in [3.63, 3.8) is 0 Å². The van der Waals surface area contributed by atoms with E-state index in [9.17, 15) is 4.79 Å². The highest BCUT2D eigenvalue weighted by atomic mass is 79.9. The maximum absolute atomic E-state index is 12.4. The molecule has 130 valence electrons. The van der Waals surface area contributed by atoms with Gasteiger partial charge < -0.3 is 20.5 Å². The third-order valence-electron chi connectivity index (χ3n) is 2.99. The second-order valence-electron chi connectivity index (χ2n) is 4.76. The van der Waals surface area contributed by atoms with Crippen LogP contribution in [-0.4, -0.2) is 24.6 Å². The van der Waals surface area contributed by atoms with Crippen LogP contribution in [0.15, 0.2) is 34.9 Å². The number of aromatic nitrogens is 1. The molecule has 1 aromatic carbocycles. The van der Waals surface area contributed by atoms with Gasteiger partial charge in [-0.2, -0.15) is 0 Å². The van der Waals surface area contributed by atoms with E-state index in [0.29, 0.717) is 39.6 Å². The number of hydrogen-bond acceptors (Lipinski definition) is 5. The summed E-state index contributed by atoms with van der Waals surface area (Å²) in [6.45, 7) is 2.58. The zero-order valence-electron chi connectivity index (χ0n) is 13.3. The Kier molecular flexibility index (Phi) is 7.81. The van der Waals surface area contributed by atoms with Crippen LogP contribution in [0.5, 0.6) is 11.5 Å². The number of halogens is 2. The van der Waals surface area contributed by atoms with Gasteiger partial charge in [-0.1, -0.05) is 6.92 Å². The number of methoxy groups -OCH3 is 1. The summed E-state index contributed by atoms with van der Waals surface area (Å²) in [5, 5.41) is 2.75. The Morgan fingerprint density at radius 1 is 1.38 bits per heavy atom. The minimum absolute atomic E-state index is 0. The van der Waals surface area contributed by atoms with E-state index in [0.717, 1.165) is 6.42 Å². The molecule has 0 saturated carbocycles. The average Bonchev–Trinajstić information content (AvgIpc) is 2.55. The summed E-state index contributed by atoms with van der Waals surface area (Å²) < 4.78 is 11.6. The Labute approximate surface area is 155 Å². The highest BCUT2D eigenvalue weighted by Crippen LogP contribution is 2.37. The van der Waals surface area contributed by atoms with Gasteiger partial charge >= 0.3 is 0 Å². The second-order valence-corrected chi connectivity index (χ2v) is 5.62. The van der Waals surface area contributed by atoms with E-state index < -0.39 is 0 Å². The number of anilines is 2. The van der Waals surface area contributed by atoms with Crippen LogP contribution in [0, 0.1) is 0 Å². The minimum atomic E-state index is -0.280. The quantitative estimate of drug-likeness (QED) is 0.746. The number of rotatable bonds is 6. The molecule has 2 aromatic rings. The Hall–Kier alpha value is -1.99. The number of carbonyl (C=O) groups is 1. The molecular weight excluding hydrogens is 398 g/mol. The number of carbonyl (C=O) groups excluding carboxylic acids is 1. The molecular formula is C16H19BrClN3O3. The average molecular weight is 417 g/mol. The molecule has 6 nitrogen and oxygen atoms in total. The summed E-state index contributed by atoms with van der Waals surface area (Å²) in [5.74, 6) is 1.19. The van der Waals surface area contributed by atoms with Crippen molar-refractivity contribution in [3.05, 3.63) is 40.5 Å². The van der Waals surface area contributed by atoms with Crippen molar-refractivity contribution < 1.29 is 14.3 Å². The number of amides is 1. The maximum Gasteiger partial charge on any atom is 0.255 e. The summed E-state index contributed by atoms with van der Waals surface area (Å²) in [6, 6.07) is 6.63. The van der Waals surface area contributed by atoms with Gasteiger partial charge in [-0.05, 0) is 46.6 Å². The molecule has 0 radical (unpaired) electrons. The smallest absolute Gasteiger partial charge is 0.255 e. The van der Waals surface area contributed by atoms with Crippen LogP contribution in [0.25, 0.3) is 0 Å². The lowest BCUT2D eigenvalue weighted by Crippen LogP contribution is -2.13. The predicted molar refractivity (Wildman–Crippen MR) is 100 cm³/mol. The number of nitrogen functional groups attached to an aromatic ring is 1. The van der Waals surface area contributed by atoms with E-state index in [1.165, 1.54) is 13.3 Å². The number of benzene rings is 1. The monoisotopic (exact) mass is 415 g/mol. The molecule has 0 aliphatic carbocycles. The lowest BCUT2D eigenvalue weighted by molar-refractivity contribution is 0.102. The molecule has 0 aliphatic rings. The van der Waals surface area contributed by atoms with Crippen molar-refractivity contribution in [2.75, 3.05) is 24.8 Å². The Bertz CT molecular complexity index is 696. The first-order valence-corrected chi connectivity index (χ1v) is 7.87. The molecule has 0 unspecified atom stereocenters. The van der Waals surface area contributed by atoms with Gasteiger partial charge in [0, 0.05) is 5.56 Å². The van der Waals surface area contributed by atoms with Gasteiger partial charge in [0.2, 0.25) is 0 Å². The Morgan fingerprint density at radius 3 is 2.71 bits per heavy atom. The normalized spacial score (nSPS) is 9.79. The molecule has 24 heavy (non-hydrogen) atoms. The van der Waals surface area contributed by atoms with Crippen LogP contribution < -0.4 is 20.5 Å². The van der Waals surface area contributed by atoms with Crippen molar-refractivity contribution >= 4 is 45.7 Å². The van der Waals surface area contributed by atoms with Crippen molar-refractivity contribution in [1.82, 2.24) is 4.98 Å². The lowest BCUT2D eigenvalue weighted by Gasteiger charge is -2.14. The largest absolute Gasteiger partial charge is 0.493 e. The van der Waals surface area contributed by atoms with E-state index in [-0.39, 0.29) is 18.3 Å². The molecule has 0 spiro atoms. The summed E-state index contributed by atoms with van der Waals surface area (Å²) in [5.41, 5.74) is 6.52. The second kappa shape index (κ2) is 9.34. The maximum atomic E-state index is 12.4. The van der Waals surface area contributed by atoms with Gasteiger partial charge in [0.25, 0.3) is 5.91 Å². The van der Waals surface area contributed by atoms with E-state index in [1.807, 2.05) is 6.92 Å². The van der Waals surface area contributed by atoms with Crippen molar-refractivity contribution in [2.24, 2.45) is 0 Å². The lowest BCUT2D eigenvalue weighted by atomic mass is 10.2. The van der Waals surface area contributed by atoms with Gasteiger partial charge in [0.05, 0.1) is 30.1 Å².